The number of carbonyl (C=O) groups excluding carboxylic acids is 1. The molecule has 0 unspecified atom stereocenters. The van der Waals surface area contributed by atoms with Crippen molar-refractivity contribution in [3.63, 3.8) is 0 Å². The van der Waals surface area contributed by atoms with E-state index in [0.29, 0.717) is 73.9 Å². The molecule has 4 aromatic carbocycles. The van der Waals surface area contributed by atoms with Crippen molar-refractivity contribution in [3.8, 4) is 45.6 Å². The summed E-state index contributed by atoms with van der Waals surface area (Å²) in [4.78, 5) is 11.2. The van der Waals surface area contributed by atoms with E-state index in [0.717, 1.165) is 57.6 Å². The van der Waals surface area contributed by atoms with E-state index in [4.69, 9.17) is 28.4 Å². The molecule has 0 aliphatic carbocycles. The second-order valence-electron chi connectivity index (χ2n) is 12.3. The molecule has 0 atom stereocenters. The predicted molar refractivity (Wildman–Crippen MR) is 205 cm³/mol. The topological polar surface area (TPSA) is 121 Å². The lowest BCUT2D eigenvalue weighted by molar-refractivity contribution is -0.118. The van der Waals surface area contributed by atoms with E-state index in [-0.39, 0.29) is 5.91 Å². The maximum atomic E-state index is 11.2. The fourth-order valence-corrected chi connectivity index (χ4v) is 5.99. The Bertz CT molecular complexity index is 1730. The number of ether oxygens (including phenoxy) is 6. The average molecular weight is 715 g/mol. The number of rotatable bonds is 21. The van der Waals surface area contributed by atoms with Gasteiger partial charge in [-0.25, -0.2) is 0 Å². The molecule has 0 saturated heterocycles. The molecule has 0 aliphatic heterocycles. The molecule has 0 bridgehead atoms. The Morgan fingerprint density at radius 2 is 1.00 bits per heavy atom. The first-order valence-corrected chi connectivity index (χ1v) is 17.5. The number of hydrogen-bond acceptors (Lipinski definition) is 10. The van der Waals surface area contributed by atoms with Crippen LogP contribution in [0.5, 0.6) is 34.5 Å². The second-order valence-corrected chi connectivity index (χ2v) is 12.3. The van der Waals surface area contributed by atoms with Gasteiger partial charge < -0.3 is 49.7 Å². The lowest BCUT2D eigenvalue weighted by atomic mass is 9.92. The second kappa shape index (κ2) is 20.2. The molecule has 0 radical (unpaired) electrons. The summed E-state index contributed by atoms with van der Waals surface area (Å²) in [7, 11) is 8.51. The summed E-state index contributed by atoms with van der Waals surface area (Å²) in [6.07, 6.45) is 0. The van der Waals surface area contributed by atoms with Gasteiger partial charge in [0.15, 0.2) is 0 Å². The molecule has 0 fully saturated rings. The van der Waals surface area contributed by atoms with Gasteiger partial charge in [0.05, 0.1) is 39.6 Å². The number of carbonyl (C=O) groups is 1. The number of likely N-dealkylation sites (N-methyl/N-ethyl adjacent to an activating group) is 1. The van der Waals surface area contributed by atoms with Crippen molar-refractivity contribution in [1.82, 2.24) is 21.3 Å². The highest BCUT2D eigenvalue weighted by Gasteiger charge is 2.17. The van der Waals surface area contributed by atoms with Gasteiger partial charge in [-0.1, -0.05) is 36.4 Å². The molecule has 280 valence electrons. The van der Waals surface area contributed by atoms with Crippen molar-refractivity contribution in [3.05, 3.63) is 94.0 Å². The van der Waals surface area contributed by atoms with E-state index in [1.165, 1.54) is 6.92 Å². The number of benzene rings is 4. The average Bonchev–Trinajstić information content (AvgIpc) is 3.15. The Morgan fingerprint density at radius 3 is 1.37 bits per heavy atom. The van der Waals surface area contributed by atoms with Crippen LogP contribution in [0.25, 0.3) is 11.1 Å². The van der Waals surface area contributed by atoms with Crippen molar-refractivity contribution in [2.24, 2.45) is 0 Å². The maximum Gasteiger partial charge on any atom is 0.216 e. The molecular formula is C41H54N4O7. The smallest absolute Gasteiger partial charge is 0.216 e. The van der Waals surface area contributed by atoms with Gasteiger partial charge in [0.25, 0.3) is 0 Å². The fourth-order valence-electron chi connectivity index (χ4n) is 5.99. The van der Waals surface area contributed by atoms with Crippen molar-refractivity contribution < 1.29 is 33.2 Å². The highest BCUT2D eigenvalue weighted by atomic mass is 16.5. The third kappa shape index (κ3) is 10.5. The van der Waals surface area contributed by atoms with Crippen LogP contribution in [-0.4, -0.2) is 67.6 Å². The van der Waals surface area contributed by atoms with Gasteiger partial charge in [-0.3, -0.25) is 4.79 Å². The first-order valence-electron chi connectivity index (χ1n) is 17.5. The van der Waals surface area contributed by atoms with Crippen LogP contribution in [0.3, 0.4) is 0 Å². The van der Waals surface area contributed by atoms with Crippen molar-refractivity contribution in [2.45, 2.75) is 47.1 Å². The van der Waals surface area contributed by atoms with Crippen molar-refractivity contribution in [2.75, 3.05) is 61.7 Å². The van der Waals surface area contributed by atoms with Gasteiger partial charge in [-0.05, 0) is 54.3 Å². The zero-order valence-electron chi connectivity index (χ0n) is 31.8. The molecule has 0 saturated carbocycles. The van der Waals surface area contributed by atoms with Crippen molar-refractivity contribution >= 4 is 5.91 Å². The molecule has 0 aliphatic rings. The highest BCUT2D eigenvalue weighted by molar-refractivity contribution is 5.73. The van der Waals surface area contributed by atoms with Gasteiger partial charge in [0.1, 0.15) is 47.7 Å². The first-order chi connectivity index (χ1) is 25.2. The van der Waals surface area contributed by atoms with Gasteiger partial charge in [0.2, 0.25) is 5.91 Å². The summed E-state index contributed by atoms with van der Waals surface area (Å²) >= 11 is 0. The Hall–Kier alpha value is -4.97. The SMILES string of the molecule is CNCCNCc1c(OC)cc(OCc2cccc(-c3cccc(COc4cc(OC)c(CNCCNC(C)=O)c(OC)c4)c3C)c2C)cc1OC. The minimum Gasteiger partial charge on any atom is -0.496 e. The predicted octanol–water partition coefficient (Wildman–Crippen LogP) is 5.70. The zero-order chi connectivity index (χ0) is 37.5. The molecule has 1 amide bonds. The number of amides is 1. The quantitative estimate of drug-likeness (QED) is 0.0801. The van der Waals surface area contributed by atoms with Crippen LogP contribution in [0.4, 0.5) is 0 Å². The third-order valence-corrected chi connectivity index (χ3v) is 8.96. The minimum atomic E-state index is -0.0572. The Kier molecular flexibility index (Phi) is 15.4. The van der Waals surface area contributed by atoms with Gasteiger partial charge in [-0.2, -0.15) is 0 Å². The Labute approximate surface area is 308 Å². The minimum absolute atomic E-state index is 0.0572. The van der Waals surface area contributed by atoms with E-state index in [9.17, 15) is 4.79 Å². The van der Waals surface area contributed by atoms with Crippen LogP contribution in [0.15, 0.2) is 60.7 Å². The summed E-state index contributed by atoms with van der Waals surface area (Å²) in [5.41, 5.74) is 8.52. The molecule has 0 heterocycles. The first kappa shape index (κ1) is 39.8. The molecular weight excluding hydrogens is 660 g/mol. The van der Waals surface area contributed by atoms with E-state index in [1.54, 1.807) is 28.4 Å². The summed E-state index contributed by atoms with van der Waals surface area (Å²) in [5, 5.41) is 12.7. The summed E-state index contributed by atoms with van der Waals surface area (Å²) < 4.78 is 35.5. The number of nitrogens with one attached hydrogen (secondary N) is 4. The number of methoxy groups -OCH3 is 4. The van der Waals surface area contributed by atoms with Crippen molar-refractivity contribution in [1.29, 1.82) is 0 Å². The molecule has 0 spiro atoms. The molecule has 4 N–H and O–H groups in total. The molecule has 4 aromatic rings. The monoisotopic (exact) mass is 714 g/mol. The van der Waals surface area contributed by atoms with E-state index in [2.05, 4.69) is 71.5 Å². The van der Waals surface area contributed by atoms with Gasteiger partial charge in [-0.15, -0.1) is 0 Å². The van der Waals surface area contributed by atoms with E-state index < -0.39 is 0 Å². The molecule has 11 heteroatoms. The third-order valence-electron chi connectivity index (χ3n) is 8.96. The molecule has 52 heavy (non-hydrogen) atoms. The van der Waals surface area contributed by atoms with E-state index in [1.807, 2.05) is 31.3 Å². The standard InChI is InChI=1S/C41H54N4O7/c1-27-30(25-51-32-19-38(47-5)36(39(20-32)48-6)23-43-16-15-42-4)11-9-13-34(27)35-14-10-12-31(28(35)2)26-52-33-21-40(49-7)37(41(22-33)50-8)24-44-17-18-45-29(3)46/h9-14,19-22,42-44H,15-18,23-26H2,1-8H3,(H,45,46). The lowest BCUT2D eigenvalue weighted by Gasteiger charge is -2.19. The van der Waals surface area contributed by atoms with Crippen LogP contribution in [-0.2, 0) is 31.1 Å². The van der Waals surface area contributed by atoms with Gasteiger partial charge in [0, 0.05) is 70.5 Å². The Balaban J connectivity index is 1.48. The van der Waals surface area contributed by atoms with Crippen LogP contribution in [0, 0.1) is 13.8 Å². The largest absolute Gasteiger partial charge is 0.496 e. The van der Waals surface area contributed by atoms with Crippen LogP contribution < -0.4 is 49.7 Å². The summed E-state index contributed by atoms with van der Waals surface area (Å²) in [6, 6.07) is 20.2. The summed E-state index contributed by atoms with van der Waals surface area (Å²) in [5.74, 6) is 4.00. The normalized spacial score (nSPS) is 10.8. The number of hydrogen-bond donors (Lipinski definition) is 4. The fraction of sp³-hybridized carbons (Fsp3) is 0.390. The molecule has 4 rings (SSSR count). The molecule has 0 aromatic heterocycles. The van der Waals surface area contributed by atoms with Crippen LogP contribution in [0.2, 0.25) is 0 Å². The summed E-state index contributed by atoms with van der Waals surface area (Å²) in [6.45, 7) is 10.5. The molecule has 11 nitrogen and oxygen atoms in total. The van der Waals surface area contributed by atoms with Gasteiger partial charge >= 0.3 is 0 Å². The maximum absolute atomic E-state index is 11.2. The van der Waals surface area contributed by atoms with Crippen LogP contribution >= 0.6 is 0 Å². The van der Waals surface area contributed by atoms with E-state index >= 15 is 0 Å². The van der Waals surface area contributed by atoms with Crippen LogP contribution in [0.1, 0.15) is 40.3 Å². The highest BCUT2D eigenvalue weighted by Crippen LogP contribution is 2.37. The Morgan fingerprint density at radius 1 is 0.596 bits per heavy atom. The zero-order valence-corrected chi connectivity index (χ0v) is 31.8. The lowest BCUT2D eigenvalue weighted by Crippen LogP contribution is -2.30.